The fraction of sp³-hybridized carbons (Fsp3) is 0.417. The molecule has 4 heteroatoms. The van der Waals surface area contributed by atoms with Crippen LogP contribution in [0.3, 0.4) is 0 Å². The smallest absolute Gasteiger partial charge is 0.146 e. The van der Waals surface area contributed by atoms with Gasteiger partial charge in [0.25, 0.3) is 0 Å². The summed E-state index contributed by atoms with van der Waals surface area (Å²) in [7, 11) is 0. The van der Waals surface area contributed by atoms with E-state index in [4.69, 9.17) is 10.5 Å². The third-order valence-electron chi connectivity index (χ3n) is 2.27. The minimum atomic E-state index is 0.530. The number of nitrogens with zero attached hydrogens (tertiary/aromatic N) is 1. The van der Waals surface area contributed by atoms with Gasteiger partial charge in [0.2, 0.25) is 0 Å². The molecule has 0 unspecified atom stereocenters. The first-order chi connectivity index (χ1) is 7.85. The van der Waals surface area contributed by atoms with Crippen molar-refractivity contribution in [2.75, 3.05) is 13.2 Å². The van der Waals surface area contributed by atoms with Gasteiger partial charge in [0.15, 0.2) is 0 Å². The first-order valence-corrected chi connectivity index (χ1v) is 6.38. The van der Waals surface area contributed by atoms with Crippen molar-refractivity contribution >= 4 is 21.6 Å². The van der Waals surface area contributed by atoms with Gasteiger partial charge in [-0.05, 0) is 25.0 Å². The van der Waals surface area contributed by atoms with Crippen LogP contribution >= 0.6 is 11.3 Å². The standard InChI is InChI=1S/C12H16N2OS/c1-2-4-11-14-12-9(15-8-7-13)5-3-6-10(12)16-11/h3,5-6H,2,4,7-8,13H2,1H3. The number of thiazole rings is 1. The highest BCUT2D eigenvalue weighted by atomic mass is 32.1. The zero-order chi connectivity index (χ0) is 11.4. The van der Waals surface area contributed by atoms with E-state index < -0.39 is 0 Å². The predicted octanol–water partition coefficient (Wildman–Crippen LogP) is 2.59. The lowest BCUT2D eigenvalue weighted by Crippen LogP contribution is -2.10. The highest BCUT2D eigenvalue weighted by Gasteiger charge is 2.07. The number of rotatable bonds is 5. The Balaban J connectivity index is 2.34. The molecule has 2 rings (SSSR count). The quantitative estimate of drug-likeness (QED) is 0.868. The predicted molar refractivity (Wildman–Crippen MR) is 68.2 cm³/mol. The summed E-state index contributed by atoms with van der Waals surface area (Å²) in [5.74, 6) is 0.849. The minimum Gasteiger partial charge on any atom is -0.490 e. The van der Waals surface area contributed by atoms with Crippen LogP contribution in [0.1, 0.15) is 18.4 Å². The Morgan fingerprint density at radius 1 is 1.44 bits per heavy atom. The molecule has 0 atom stereocenters. The fourth-order valence-electron chi connectivity index (χ4n) is 1.58. The Morgan fingerprint density at radius 2 is 2.31 bits per heavy atom. The van der Waals surface area contributed by atoms with Crippen LogP contribution in [-0.2, 0) is 6.42 Å². The maximum absolute atomic E-state index is 5.58. The van der Waals surface area contributed by atoms with Gasteiger partial charge in [-0.2, -0.15) is 0 Å². The highest BCUT2D eigenvalue weighted by Crippen LogP contribution is 2.30. The van der Waals surface area contributed by atoms with Gasteiger partial charge >= 0.3 is 0 Å². The zero-order valence-corrected chi connectivity index (χ0v) is 10.2. The Morgan fingerprint density at radius 3 is 3.06 bits per heavy atom. The molecule has 1 heterocycles. The first kappa shape index (κ1) is 11.4. The Bertz CT molecular complexity index is 467. The molecule has 1 aromatic carbocycles. The molecule has 0 radical (unpaired) electrons. The third-order valence-corrected chi connectivity index (χ3v) is 3.35. The molecule has 0 spiro atoms. The third kappa shape index (κ3) is 2.33. The lowest BCUT2D eigenvalue weighted by atomic mass is 10.3. The number of para-hydroxylation sites is 1. The van der Waals surface area contributed by atoms with Crippen molar-refractivity contribution in [2.24, 2.45) is 5.73 Å². The van der Waals surface area contributed by atoms with E-state index in [0.29, 0.717) is 13.2 Å². The number of aromatic nitrogens is 1. The molecule has 86 valence electrons. The van der Waals surface area contributed by atoms with Gasteiger partial charge in [0, 0.05) is 6.54 Å². The molecule has 3 nitrogen and oxygen atoms in total. The topological polar surface area (TPSA) is 48.1 Å². The molecule has 0 bridgehead atoms. The molecule has 2 N–H and O–H groups in total. The Kier molecular flexibility index (Phi) is 3.74. The molecule has 16 heavy (non-hydrogen) atoms. The maximum Gasteiger partial charge on any atom is 0.146 e. The molecular formula is C12H16N2OS. The number of ether oxygens (including phenoxy) is 1. The minimum absolute atomic E-state index is 0.530. The summed E-state index contributed by atoms with van der Waals surface area (Å²) in [4.78, 5) is 4.61. The molecule has 0 aliphatic rings. The summed E-state index contributed by atoms with van der Waals surface area (Å²) >= 11 is 1.75. The van der Waals surface area contributed by atoms with Gasteiger partial charge in [0.05, 0.1) is 9.71 Å². The molecular weight excluding hydrogens is 220 g/mol. The van der Waals surface area contributed by atoms with Crippen molar-refractivity contribution in [1.82, 2.24) is 4.98 Å². The summed E-state index contributed by atoms with van der Waals surface area (Å²) in [5.41, 5.74) is 6.41. The van der Waals surface area contributed by atoms with Crippen molar-refractivity contribution in [3.05, 3.63) is 23.2 Å². The largest absolute Gasteiger partial charge is 0.490 e. The van der Waals surface area contributed by atoms with Crippen molar-refractivity contribution in [3.8, 4) is 5.75 Å². The monoisotopic (exact) mass is 236 g/mol. The molecule has 0 aliphatic heterocycles. The fourth-order valence-corrected chi connectivity index (χ4v) is 2.66. The molecule has 0 amide bonds. The molecule has 0 aliphatic carbocycles. The van der Waals surface area contributed by atoms with Crippen molar-refractivity contribution in [3.63, 3.8) is 0 Å². The van der Waals surface area contributed by atoms with E-state index in [-0.39, 0.29) is 0 Å². The van der Waals surface area contributed by atoms with Gasteiger partial charge in [-0.1, -0.05) is 13.0 Å². The average Bonchev–Trinajstić information content (AvgIpc) is 2.69. The second-order valence-electron chi connectivity index (χ2n) is 3.60. The molecule has 1 aromatic heterocycles. The number of hydrogen-bond acceptors (Lipinski definition) is 4. The van der Waals surface area contributed by atoms with Crippen molar-refractivity contribution in [1.29, 1.82) is 0 Å². The van der Waals surface area contributed by atoms with Gasteiger partial charge in [0.1, 0.15) is 17.9 Å². The normalized spacial score (nSPS) is 10.9. The van der Waals surface area contributed by atoms with Crippen LogP contribution in [-0.4, -0.2) is 18.1 Å². The van der Waals surface area contributed by atoms with E-state index in [1.807, 2.05) is 12.1 Å². The average molecular weight is 236 g/mol. The molecule has 0 saturated heterocycles. The van der Waals surface area contributed by atoms with Crippen LogP contribution in [0.4, 0.5) is 0 Å². The van der Waals surface area contributed by atoms with E-state index in [0.717, 1.165) is 24.1 Å². The number of benzene rings is 1. The van der Waals surface area contributed by atoms with E-state index in [9.17, 15) is 0 Å². The second kappa shape index (κ2) is 5.27. The van der Waals surface area contributed by atoms with E-state index in [1.54, 1.807) is 11.3 Å². The van der Waals surface area contributed by atoms with Crippen LogP contribution in [0.25, 0.3) is 10.2 Å². The van der Waals surface area contributed by atoms with E-state index >= 15 is 0 Å². The maximum atomic E-state index is 5.58. The number of nitrogens with two attached hydrogens (primary N) is 1. The Hall–Kier alpha value is -1.13. The van der Waals surface area contributed by atoms with Gasteiger partial charge < -0.3 is 10.5 Å². The highest BCUT2D eigenvalue weighted by molar-refractivity contribution is 7.18. The lowest BCUT2D eigenvalue weighted by molar-refractivity contribution is 0.331. The summed E-state index contributed by atoms with van der Waals surface area (Å²) in [5, 5.41) is 1.18. The van der Waals surface area contributed by atoms with Crippen molar-refractivity contribution in [2.45, 2.75) is 19.8 Å². The SMILES string of the molecule is CCCc1nc2c(OCCN)cccc2s1. The second-order valence-corrected chi connectivity index (χ2v) is 4.71. The van der Waals surface area contributed by atoms with Crippen LogP contribution in [0.15, 0.2) is 18.2 Å². The molecule has 0 fully saturated rings. The summed E-state index contributed by atoms with van der Waals surface area (Å²) < 4.78 is 6.77. The molecule has 0 saturated carbocycles. The molecule has 2 aromatic rings. The summed E-state index contributed by atoms with van der Waals surface area (Å²) in [6.07, 6.45) is 2.16. The van der Waals surface area contributed by atoms with Crippen LogP contribution in [0.2, 0.25) is 0 Å². The first-order valence-electron chi connectivity index (χ1n) is 5.56. The van der Waals surface area contributed by atoms with Gasteiger partial charge in [-0.15, -0.1) is 11.3 Å². The van der Waals surface area contributed by atoms with Crippen LogP contribution < -0.4 is 10.5 Å². The van der Waals surface area contributed by atoms with E-state index in [1.165, 1.54) is 9.71 Å². The summed E-state index contributed by atoms with van der Waals surface area (Å²) in [6, 6.07) is 6.04. The van der Waals surface area contributed by atoms with Crippen molar-refractivity contribution < 1.29 is 4.74 Å². The number of aryl methyl sites for hydroxylation is 1. The number of hydrogen-bond donors (Lipinski definition) is 1. The van der Waals surface area contributed by atoms with Crippen LogP contribution in [0.5, 0.6) is 5.75 Å². The lowest BCUT2D eigenvalue weighted by Gasteiger charge is -2.03. The number of fused-ring (bicyclic) bond motifs is 1. The Labute approximate surface area is 99.3 Å². The van der Waals surface area contributed by atoms with E-state index in [2.05, 4.69) is 18.0 Å². The van der Waals surface area contributed by atoms with Gasteiger partial charge in [-0.25, -0.2) is 4.98 Å². The zero-order valence-electron chi connectivity index (χ0n) is 9.40. The summed E-state index contributed by atoms with van der Waals surface area (Å²) in [6.45, 7) is 3.24. The van der Waals surface area contributed by atoms with Gasteiger partial charge in [-0.3, -0.25) is 0 Å². The van der Waals surface area contributed by atoms with Crippen LogP contribution in [0, 0.1) is 0 Å².